The number of nitrogens with zero attached hydrogens (tertiary/aromatic N) is 4. The molecule has 0 fully saturated rings. The van der Waals surface area contributed by atoms with Crippen molar-refractivity contribution in [2.45, 2.75) is 19.9 Å². The monoisotopic (exact) mass is 447 g/mol. The number of imidazole rings is 1. The number of hydrogen-bond donors (Lipinski definition) is 3. The number of nitrogens with one attached hydrogen (secondary N) is 2. The van der Waals surface area contributed by atoms with Gasteiger partial charge in [-0.15, -0.1) is 0 Å². The van der Waals surface area contributed by atoms with Crippen molar-refractivity contribution in [3.05, 3.63) is 82.0 Å². The zero-order valence-corrected chi connectivity index (χ0v) is 17.7. The van der Waals surface area contributed by atoms with E-state index in [1.165, 1.54) is 10.7 Å². The van der Waals surface area contributed by atoms with Gasteiger partial charge in [0.15, 0.2) is 11.5 Å². The minimum Gasteiger partial charge on any atom is -0.368 e. The van der Waals surface area contributed by atoms with Crippen molar-refractivity contribution < 1.29 is 8.78 Å². The molecule has 5 aromatic rings. The number of aromatic nitrogens is 5. The number of anilines is 2. The molecule has 0 saturated heterocycles. The van der Waals surface area contributed by atoms with Crippen LogP contribution in [0.1, 0.15) is 24.2 Å². The largest absolute Gasteiger partial charge is 0.368 e. The number of pyridine rings is 2. The number of H-pyrrole nitrogens is 1. The number of aromatic amines is 1. The summed E-state index contributed by atoms with van der Waals surface area (Å²) in [5, 5.41) is 3.22. The molecule has 0 amide bonds. The third-order valence-electron chi connectivity index (χ3n) is 5.49. The van der Waals surface area contributed by atoms with E-state index in [1.54, 1.807) is 19.1 Å². The topological polar surface area (TPSA) is 114 Å². The minimum atomic E-state index is -0.771. The van der Waals surface area contributed by atoms with E-state index in [1.807, 2.05) is 19.1 Å². The number of hydrogen-bond acceptors (Lipinski definition) is 6. The minimum absolute atomic E-state index is 0.0445. The Hall–Kier alpha value is -4.34. The van der Waals surface area contributed by atoms with Gasteiger partial charge < -0.3 is 16.0 Å². The van der Waals surface area contributed by atoms with Gasteiger partial charge in [0.2, 0.25) is 5.95 Å². The average molecular weight is 447 g/mol. The van der Waals surface area contributed by atoms with E-state index in [0.29, 0.717) is 33.8 Å². The van der Waals surface area contributed by atoms with Crippen molar-refractivity contribution >= 4 is 28.4 Å². The first-order chi connectivity index (χ1) is 15.8. The summed E-state index contributed by atoms with van der Waals surface area (Å²) in [5.41, 5.74) is 8.58. The van der Waals surface area contributed by atoms with E-state index in [4.69, 9.17) is 5.73 Å². The highest BCUT2D eigenvalue weighted by Gasteiger charge is 2.21. The maximum atomic E-state index is 14.1. The van der Waals surface area contributed by atoms with Gasteiger partial charge in [-0.3, -0.25) is 9.20 Å². The van der Waals surface area contributed by atoms with Crippen LogP contribution in [0.5, 0.6) is 0 Å². The lowest BCUT2D eigenvalue weighted by Gasteiger charge is -2.20. The van der Waals surface area contributed by atoms with Crippen LogP contribution in [-0.4, -0.2) is 24.3 Å². The number of nitrogens with two attached hydrogens (primary N) is 1. The van der Waals surface area contributed by atoms with Crippen molar-refractivity contribution in [2.24, 2.45) is 0 Å². The molecule has 0 saturated carbocycles. The molecule has 0 radical (unpaired) electrons. The van der Waals surface area contributed by atoms with Gasteiger partial charge in [0, 0.05) is 17.3 Å². The molecule has 0 aliphatic rings. The molecule has 5 rings (SSSR count). The Bertz CT molecular complexity index is 1570. The Morgan fingerprint density at radius 1 is 1.12 bits per heavy atom. The van der Waals surface area contributed by atoms with E-state index >= 15 is 0 Å². The fourth-order valence-electron chi connectivity index (χ4n) is 4.06. The van der Waals surface area contributed by atoms with Gasteiger partial charge in [-0.2, -0.15) is 9.97 Å². The molecule has 10 heteroatoms. The molecule has 1 unspecified atom stereocenters. The van der Waals surface area contributed by atoms with Crippen LogP contribution in [0.15, 0.2) is 53.6 Å². The molecule has 8 nitrogen and oxygen atoms in total. The predicted octanol–water partition coefficient (Wildman–Crippen LogP) is 3.97. The fourth-order valence-corrected chi connectivity index (χ4v) is 4.06. The molecule has 33 heavy (non-hydrogen) atoms. The zero-order valence-electron chi connectivity index (χ0n) is 17.7. The smallest absolute Gasteiger partial charge is 0.263 e. The van der Waals surface area contributed by atoms with Gasteiger partial charge >= 0.3 is 0 Å². The van der Waals surface area contributed by atoms with Crippen LogP contribution < -0.4 is 16.6 Å². The summed E-state index contributed by atoms with van der Waals surface area (Å²) in [7, 11) is 0. The number of rotatable bonds is 4. The molecule has 4 N–H and O–H groups in total. The van der Waals surface area contributed by atoms with Crippen LogP contribution in [0, 0.1) is 18.6 Å². The lowest BCUT2D eigenvalue weighted by Crippen LogP contribution is -2.22. The summed E-state index contributed by atoms with van der Waals surface area (Å²) in [5.74, 6) is -1.13. The van der Waals surface area contributed by atoms with Gasteiger partial charge in [-0.05, 0) is 55.3 Å². The van der Waals surface area contributed by atoms with E-state index in [9.17, 15) is 13.6 Å². The Morgan fingerprint density at radius 2 is 1.88 bits per heavy atom. The first-order valence-corrected chi connectivity index (χ1v) is 10.2. The second-order valence-corrected chi connectivity index (χ2v) is 7.76. The second-order valence-electron chi connectivity index (χ2n) is 7.76. The summed E-state index contributed by atoms with van der Waals surface area (Å²) in [6, 6.07) is 9.82. The molecule has 166 valence electrons. The predicted molar refractivity (Wildman–Crippen MR) is 122 cm³/mol. The van der Waals surface area contributed by atoms with E-state index in [-0.39, 0.29) is 22.6 Å². The van der Waals surface area contributed by atoms with Crippen LogP contribution in [0.25, 0.3) is 27.8 Å². The highest BCUT2D eigenvalue weighted by atomic mass is 19.1. The summed E-state index contributed by atoms with van der Waals surface area (Å²) in [6.07, 6.45) is 1.47. The van der Waals surface area contributed by atoms with Gasteiger partial charge in [0.05, 0.1) is 17.9 Å². The highest BCUT2D eigenvalue weighted by molar-refractivity contribution is 5.84. The van der Waals surface area contributed by atoms with Crippen LogP contribution >= 0.6 is 0 Å². The van der Waals surface area contributed by atoms with Crippen LogP contribution in [0.3, 0.4) is 0 Å². The number of benzene rings is 1. The van der Waals surface area contributed by atoms with Crippen molar-refractivity contribution in [3.63, 3.8) is 0 Å². The summed E-state index contributed by atoms with van der Waals surface area (Å²) in [4.78, 5) is 29.0. The van der Waals surface area contributed by atoms with Crippen LogP contribution in [-0.2, 0) is 0 Å². The first-order valence-electron chi connectivity index (χ1n) is 10.2. The number of halogens is 2. The molecule has 1 aromatic carbocycles. The standard InChI is InChI=1S/C23H19F2N7O/c1-11-4-3-5-16-9-17(12(2)29-21-19-20(28-10-27-19)30-23(26)31-21)18(22(33)32(11)16)13-6-14(24)8-15(25)7-13/h3-10,12H,1-2H3,(H4,26,27,28,29,30,31). The number of aryl methyl sites for hydroxylation is 1. The van der Waals surface area contributed by atoms with Crippen molar-refractivity contribution in [2.75, 3.05) is 11.1 Å². The molecule has 0 bridgehead atoms. The van der Waals surface area contributed by atoms with Crippen molar-refractivity contribution in [3.8, 4) is 11.1 Å². The van der Waals surface area contributed by atoms with Crippen LogP contribution in [0.4, 0.5) is 20.5 Å². The SMILES string of the molecule is Cc1cccc2cc(C(C)Nc3nc(N)nc4[nH]cnc34)c(-c3cc(F)cc(F)c3)c(=O)n12. The fraction of sp³-hybridized carbons (Fsp3) is 0.130. The lowest BCUT2D eigenvalue weighted by molar-refractivity contribution is 0.584. The number of fused-ring (bicyclic) bond motifs is 2. The van der Waals surface area contributed by atoms with Gasteiger partial charge in [0.25, 0.3) is 5.56 Å². The quantitative estimate of drug-likeness (QED) is 0.384. The molecular weight excluding hydrogens is 428 g/mol. The summed E-state index contributed by atoms with van der Waals surface area (Å²) < 4.78 is 29.7. The van der Waals surface area contributed by atoms with Crippen LogP contribution in [0.2, 0.25) is 0 Å². The normalized spacial score (nSPS) is 12.4. The second kappa shape index (κ2) is 7.66. The summed E-state index contributed by atoms with van der Waals surface area (Å²) >= 11 is 0. The Kier molecular flexibility index (Phi) is 4.77. The molecule has 0 aliphatic carbocycles. The Balaban J connectivity index is 1.74. The zero-order chi connectivity index (χ0) is 23.3. The Morgan fingerprint density at radius 3 is 2.64 bits per heavy atom. The third-order valence-corrected chi connectivity index (χ3v) is 5.49. The first kappa shape index (κ1) is 20.6. The molecule has 4 aromatic heterocycles. The highest BCUT2D eigenvalue weighted by Crippen LogP contribution is 2.31. The van der Waals surface area contributed by atoms with Gasteiger partial charge in [-0.1, -0.05) is 6.07 Å². The third kappa shape index (κ3) is 3.55. The number of nitrogen functional groups attached to an aromatic ring is 1. The molecule has 0 spiro atoms. The van der Waals surface area contributed by atoms with E-state index < -0.39 is 17.7 Å². The van der Waals surface area contributed by atoms with Gasteiger partial charge in [0.1, 0.15) is 17.2 Å². The maximum absolute atomic E-state index is 14.1. The maximum Gasteiger partial charge on any atom is 0.263 e. The Labute approximate surface area is 186 Å². The van der Waals surface area contributed by atoms with Crippen molar-refractivity contribution in [1.29, 1.82) is 0 Å². The summed E-state index contributed by atoms with van der Waals surface area (Å²) in [6.45, 7) is 3.61. The molecule has 0 aliphatic heterocycles. The van der Waals surface area contributed by atoms with Gasteiger partial charge in [-0.25, -0.2) is 13.8 Å². The lowest BCUT2D eigenvalue weighted by atomic mass is 9.96. The molecule has 1 atom stereocenters. The van der Waals surface area contributed by atoms with Crippen molar-refractivity contribution in [1.82, 2.24) is 24.3 Å². The molecular formula is C23H19F2N7O. The van der Waals surface area contributed by atoms with E-state index in [2.05, 4.69) is 25.3 Å². The van der Waals surface area contributed by atoms with E-state index in [0.717, 1.165) is 18.2 Å². The average Bonchev–Trinajstić information content (AvgIpc) is 3.21. The molecule has 4 heterocycles.